The van der Waals surface area contributed by atoms with Gasteiger partial charge in [0.05, 0.1) is 7.11 Å². The van der Waals surface area contributed by atoms with Crippen LogP contribution in [0.3, 0.4) is 0 Å². The second-order valence-electron chi connectivity index (χ2n) is 6.29. The zero-order valence-electron chi connectivity index (χ0n) is 15.0. The maximum atomic E-state index is 12.8. The number of carbonyl (C=O) groups is 1. The first kappa shape index (κ1) is 18.9. The van der Waals surface area contributed by atoms with Gasteiger partial charge in [-0.05, 0) is 55.2 Å². The summed E-state index contributed by atoms with van der Waals surface area (Å²) in [6.07, 6.45) is 6.48. The highest BCUT2D eigenvalue weighted by Gasteiger charge is 2.20. The molecule has 6 heteroatoms. The van der Waals surface area contributed by atoms with Crippen LogP contribution in [0.15, 0.2) is 54.6 Å². The number of allylic oxidation sites excluding steroid dienone is 2. The van der Waals surface area contributed by atoms with E-state index in [1.54, 1.807) is 43.5 Å². The van der Waals surface area contributed by atoms with Crippen molar-refractivity contribution in [3.63, 3.8) is 0 Å². The Labute approximate surface area is 156 Å². The molecule has 3 rings (SSSR count). The van der Waals surface area contributed by atoms with Crippen molar-refractivity contribution in [1.29, 1.82) is 0 Å². The predicted molar refractivity (Wildman–Crippen MR) is 100 cm³/mol. The molecule has 27 heavy (non-hydrogen) atoms. The molecule has 0 radical (unpaired) electrons. The third kappa shape index (κ3) is 4.84. The first-order chi connectivity index (χ1) is 13.1. The van der Waals surface area contributed by atoms with Crippen molar-refractivity contribution in [2.24, 2.45) is 5.92 Å². The van der Waals surface area contributed by atoms with E-state index in [4.69, 9.17) is 4.74 Å². The Morgan fingerprint density at radius 3 is 2.56 bits per heavy atom. The Morgan fingerprint density at radius 1 is 1.15 bits per heavy atom. The van der Waals surface area contributed by atoms with Gasteiger partial charge in [0, 0.05) is 17.2 Å². The number of methoxy groups -OCH3 is 1. The fourth-order valence-corrected chi connectivity index (χ4v) is 3.08. The van der Waals surface area contributed by atoms with Crippen molar-refractivity contribution in [2.45, 2.75) is 25.9 Å². The highest BCUT2D eigenvalue weighted by Crippen LogP contribution is 2.35. The van der Waals surface area contributed by atoms with Crippen LogP contribution in [0.5, 0.6) is 11.5 Å². The van der Waals surface area contributed by atoms with E-state index in [0.717, 1.165) is 12.8 Å². The van der Waals surface area contributed by atoms with Gasteiger partial charge in [-0.25, -0.2) is 0 Å². The van der Waals surface area contributed by atoms with Gasteiger partial charge >= 0.3 is 6.61 Å². The fourth-order valence-electron chi connectivity index (χ4n) is 3.08. The van der Waals surface area contributed by atoms with Gasteiger partial charge in [-0.1, -0.05) is 24.3 Å². The zero-order chi connectivity index (χ0) is 19.2. The van der Waals surface area contributed by atoms with E-state index in [1.165, 1.54) is 6.07 Å². The maximum Gasteiger partial charge on any atom is 0.387 e. The van der Waals surface area contributed by atoms with Crippen molar-refractivity contribution in [3.05, 3.63) is 54.6 Å². The fraction of sp³-hybridized carbons (Fsp3) is 0.286. The Morgan fingerprint density at radius 2 is 1.93 bits per heavy atom. The SMILES string of the molecule is COc1ccc(-c2cc(NC(=O)C3CC=CCC3)ccc2OC(F)F)cc1. The van der Waals surface area contributed by atoms with Crippen LogP contribution in [0, 0.1) is 5.92 Å². The van der Waals surface area contributed by atoms with Crippen LogP contribution in [0.4, 0.5) is 14.5 Å². The molecule has 0 fully saturated rings. The molecule has 1 unspecified atom stereocenters. The second-order valence-corrected chi connectivity index (χ2v) is 6.29. The quantitative estimate of drug-likeness (QED) is 0.703. The van der Waals surface area contributed by atoms with Crippen LogP contribution in [-0.2, 0) is 4.79 Å². The van der Waals surface area contributed by atoms with Crippen molar-refractivity contribution in [3.8, 4) is 22.6 Å². The molecule has 142 valence electrons. The van der Waals surface area contributed by atoms with E-state index < -0.39 is 6.61 Å². The largest absolute Gasteiger partial charge is 0.497 e. The summed E-state index contributed by atoms with van der Waals surface area (Å²) in [5, 5.41) is 2.88. The number of anilines is 1. The summed E-state index contributed by atoms with van der Waals surface area (Å²) in [5.41, 5.74) is 1.70. The number of nitrogens with one attached hydrogen (secondary N) is 1. The highest BCUT2D eigenvalue weighted by atomic mass is 19.3. The van der Waals surface area contributed by atoms with Crippen molar-refractivity contribution in [2.75, 3.05) is 12.4 Å². The smallest absolute Gasteiger partial charge is 0.387 e. The minimum Gasteiger partial charge on any atom is -0.497 e. The van der Waals surface area contributed by atoms with Gasteiger partial charge in [0.2, 0.25) is 5.91 Å². The highest BCUT2D eigenvalue weighted by molar-refractivity contribution is 5.93. The molecular formula is C21H21F2NO3. The molecule has 4 nitrogen and oxygen atoms in total. The molecule has 0 aliphatic heterocycles. The van der Waals surface area contributed by atoms with Crippen molar-refractivity contribution in [1.82, 2.24) is 0 Å². The molecule has 0 bridgehead atoms. The second kappa shape index (κ2) is 8.66. The summed E-state index contributed by atoms with van der Waals surface area (Å²) >= 11 is 0. The van der Waals surface area contributed by atoms with Crippen molar-refractivity contribution < 1.29 is 23.0 Å². The number of halogens is 2. The van der Waals surface area contributed by atoms with Crippen LogP contribution < -0.4 is 14.8 Å². The standard InChI is InChI=1S/C21H21F2NO3/c1-26-17-10-7-14(8-11-17)18-13-16(9-12-19(18)27-21(22)23)24-20(25)15-5-3-2-4-6-15/h2-3,7-13,15,21H,4-6H2,1H3,(H,24,25). The van der Waals surface area contributed by atoms with E-state index in [2.05, 4.69) is 16.1 Å². The van der Waals surface area contributed by atoms with E-state index in [0.29, 0.717) is 29.0 Å². The predicted octanol–water partition coefficient (Wildman–Crippen LogP) is 5.26. The van der Waals surface area contributed by atoms with Gasteiger partial charge in [0.25, 0.3) is 0 Å². The van der Waals surface area contributed by atoms with E-state index in [9.17, 15) is 13.6 Å². The number of hydrogen-bond acceptors (Lipinski definition) is 3. The number of alkyl halides is 2. The van der Waals surface area contributed by atoms with Gasteiger partial charge in [0.15, 0.2) is 0 Å². The average Bonchev–Trinajstić information content (AvgIpc) is 2.69. The van der Waals surface area contributed by atoms with Crippen LogP contribution in [0.25, 0.3) is 11.1 Å². The summed E-state index contributed by atoms with van der Waals surface area (Å²) in [7, 11) is 1.55. The van der Waals surface area contributed by atoms with Gasteiger partial charge in [-0.15, -0.1) is 0 Å². The lowest BCUT2D eigenvalue weighted by Crippen LogP contribution is -2.23. The van der Waals surface area contributed by atoms with Crippen LogP contribution in [-0.4, -0.2) is 19.6 Å². The minimum atomic E-state index is -2.93. The molecule has 0 spiro atoms. The van der Waals surface area contributed by atoms with Crippen molar-refractivity contribution >= 4 is 11.6 Å². The summed E-state index contributed by atoms with van der Waals surface area (Å²) in [6, 6.07) is 11.6. The third-order valence-electron chi connectivity index (χ3n) is 4.50. The Hall–Kier alpha value is -2.89. The molecular weight excluding hydrogens is 352 g/mol. The van der Waals surface area contributed by atoms with Crippen LogP contribution in [0.1, 0.15) is 19.3 Å². The molecule has 1 atom stereocenters. The molecule has 0 saturated heterocycles. The van der Waals surface area contributed by atoms with Gasteiger partial charge in [0.1, 0.15) is 11.5 Å². The number of amides is 1. The topological polar surface area (TPSA) is 47.6 Å². The van der Waals surface area contributed by atoms with Crippen LogP contribution in [0.2, 0.25) is 0 Å². The molecule has 1 aliphatic carbocycles. The molecule has 1 N–H and O–H groups in total. The molecule has 2 aromatic carbocycles. The van der Waals surface area contributed by atoms with Crippen LogP contribution >= 0.6 is 0 Å². The first-order valence-electron chi connectivity index (χ1n) is 8.76. The summed E-state index contributed by atoms with van der Waals surface area (Å²) in [5.74, 6) is 0.567. The van der Waals surface area contributed by atoms with Gasteiger partial charge in [-0.3, -0.25) is 4.79 Å². The number of hydrogen-bond donors (Lipinski definition) is 1. The lowest BCUT2D eigenvalue weighted by atomic mass is 9.93. The Kier molecular flexibility index (Phi) is 6.06. The number of rotatable bonds is 6. The number of benzene rings is 2. The maximum absolute atomic E-state index is 12.8. The first-order valence-corrected chi connectivity index (χ1v) is 8.76. The number of carbonyl (C=O) groups excluding carboxylic acids is 1. The molecule has 2 aromatic rings. The minimum absolute atomic E-state index is 0.0498. The number of ether oxygens (including phenoxy) is 2. The molecule has 1 amide bonds. The lowest BCUT2D eigenvalue weighted by Gasteiger charge is -2.18. The summed E-state index contributed by atoms with van der Waals surface area (Å²) < 4.78 is 35.3. The van der Waals surface area contributed by atoms with Gasteiger partial charge in [-0.2, -0.15) is 8.78 Å². The lowest BCUT2D eigenvalue weighted by molar-refractivity contribution is -0.120. The molecule has 0 aromatic heterocycles. The average molecular weight is 373 g/mol. The molecule has 0 heterocycles. The monoisotopic (exact) mass is 373 g/mol. The summed E-state index contributed by atoms with van der Waals surface area (Å²) in [4.78, 5) is 12.4. The zero-order valence-corrected chi connectivity index (χ0v) is 15.0. The molecule has 1 aliphatic rings. The van der Waals surface area contributed by atoms with Gasteiger partial charge < -0.3 is 14.8 Å². The summed E-state index contributed by atoms with van der Waals surface area (Å²) in [6.45, 7) is -2.93. The van der Waals surface area contributed by atoms with E-state index in [1.807, 2.05) is 6.08 Å². The van der Waals surface area contributed by atoms with E-state index >= 15 is 0 Å². The Bertz CT molecular complexity index is 819. The Balaban J connectivity index is 1.87. The van der Waals surface area contributed by atoms with E-state index in [-0.39, 0.29) is 17.6 Å². The third-order valence-corrected chi connectivity index (χ3v) is 4.50. The molecule has 0 saturated carbocycles. The normalized spacial score (nSPS) is 16.2.